The Morgan fingerprint density at radius 3 is 3.06 bits per heavy atom. The summed E-state index contributed by atoms with van der Waals surface area (Å²) in [6.45, 7) is 2.78. The van der Waals surface area contributed by atoms with E-state index in [0.717, 1.165) is 35.4 Å². The van der Waals surface area contributed by atoms with Gasteiger partial charge in [-0.25, -0.2) is 4.98 Å². The van der Waals surface area contributed by atoms with Crippen LogP contribution in [0.15, 0.2) is 18.2 Å². The van der Waals surface area contributed by atoms with Crippen molar-refractivity contribution < 1.29 is 4.79 Å². The fourth-order valence-electron chi connectivity index (χ4n) is 1.88. The first-order valence-corrected chi connectivity index (χ1v) is 5.85. The molecular weight excluding hydrogens is 214 g/mol. The van der Waals surface area contributed by atoms with E-state index in [1.807, 2.05) is 32.2 Å². The molecule has 0 aliphatic rings. The number of Topliss-reactive ketones (excluding diaryl/α,β-unsaturated/α-hetero) is 1. The average Bonchev–Trinajstić information content (AvgIpc) is 2.68. The number of benzene rings is 1. The maximum Gasteiger partial charge on any atom is 0.163 e. The van der Waals surface area contributed by atoms with Gasteiger partial charge in [-0.05, 0) is 45.1 Å². The number of carbonyl (C=O) groups is 1. The van der Waals surface area contributed by atoms with Crippen molar-refractivity contribution >= 4 is 16.8 Å². The smallest absolute Gasteiger partial charge is 0.163 e. The Morgan fingerprint density at radius 2 is 2.29 bits per heavy atom. The number of aryl methyl sites for hydroxylation is 1. The lowest BCUT2D eigenvalue weighted by Crippen LogP contribution is -2.10. The lowest BCUT2D eigenvalue weighted by atomic mass is 10.1. The van der Waals surface area contributed by atoms with E-state index in [4.69, 9.17) is 0 Å². The molecule has 1 heterocycles. The minimum absolute atomic E-state index is 0.189. The molecule has 0 unspecified atom stereocenters. The minimum atomic E-state index is 0.189. The average molecular weight is 231 g/mol. The summed E-state index contributed by atoms with van der Waals surface area (Å²) in [7, 11) is 1.89. The van der Waals surface area contributed by atoms with Gasteiger partial charge in [-0.1, -0.05) is 0 Å². The van der Waals surface area contributed by atoms with Gasteiger partial charge < -0.3 is 10.3 Å². The zero-order valence-electron chi connectivity index (χ0n) is 10.2. The Hall–Kier alpha value is -1.68. The molecule has 1 aromatic carbocycles. The molecule has 2 rings (SSSR count). The third kappa shape index (κ3) is 2.71. The molecule has 0 bridgehead atoms. The number of imidazole rings is 1. The van der Waals surface area contributed by atoms with Crippen molar-refractivity contribution in [3.8, 4) is 0 Å². The van der Waals surface area contributed by atoms with E-state index in [1.54, 1.807) is 0 Å². The summed E-state index contributed by atoms with van der Waals surface area (Å²) in [6, 6.07) is 5.63. The Labute approximate surface area is 100 Å². The number of aromatic nitrogens is 2. The van der Waals surface area contributed by atoms with E-state index in [9.17, 15) is 4.79 Å². The standard InChI is InChI=1S/C13H17N3O/c1-9-15-11-6-5-10(8-12(11)16-9)13(17)4-3-7-14-2/h5-6,8,14H,3-4,7H2,1-2H3,(H,15,16). The second kappa shape index (κ2) is 5.10. The van der Waals surface area contributed by atoms with Crippen LogP contribution in [0, 0.1) is 6.92 Å². The summed E-state index contributed by atoms with van der Waals surface area (Å²) >= 11 is 0. The molecule has 2 N–H and O–H groups in total. The second-order valence-electron chi connectivity index (χ2n) is 4.18. The number of rotatable bonds is 5. The lowest BCUT2D eigenvalue weighted by Gasteiger charge is -2.01. The molecular formula is C13H17N3O. The number of hydrogen-bond acceptors (Lipinski definition) is 3. The van der Waals surface area contributed by atoms with Crippen molar-refractivity contribution in [3.05, 3.63) is 29.6 Å². The monoisotopic (exact) mass is 231 g/mol. The number of hydrogen-bond donors (Lipinski definition) is 2. The number of nitrogens with one attached hydrogen (secondary N) is 2. The molecule has 0 amide bonds. The number of carbonyl (C=O) groups excluding carboxylic acids is 1. The van der Waals surface area contributed by atoms with Gasteiger partial charge in [0.05, 0.1) is 11.0 Å². The van der Waals surface area contributed by atoms with Crippen molar-refractivity contribution in [2.45, 2.75) is 19.8 Å². The van der Waals surface area contributed by atoms with Gasteiger partial charge in [-0.15, -0.1) is 0 Å². The lowest BCUT2D eigenvalue weighted by molar-refractivity contribution is 0.0980. The highest BCUT2D eigenvalue weighted by molar-refractivity contribution is 5.98. The largest absolute Gasteiger partial charge is 0.342 e. The molecule has 4 nitrogen and oxygen atoms in total. The van der Waals surface area contributed by atoms with E-state index in [1.165, 1.54) is 0 Å². The van der Waals surface area contributed by atoms with Crippen molar-refractivity contribution in [1.82, 2.24) is 15.3 Å². The predicted molar refractivity (Wildman–Crippen MR) is 68.3 cm³/mol. The topological polar surface area (TPSA) is 57.8 Å². The third-order valence-corrected chi connectivity index (χ3v) is 2.75. The first kappa shape index (κ1) is 11.8. The normalized spacial score (nSPS) is 10.9. The molecule has 0 radical (unpaired) electrons. The highest BCUT2D eigenvalue weighted by Crippen LogP contribution is 2.15. The third-order valence-electron chi connectivity index (χ3n) is 2.75. The van der Waals surface area contributed by atoms with Gasteiger partial charge in [0.15, 0.2) is 5.78 Å². The first-order chi connectivity index (χ1) is 8.20. The molecule has 1 aromatic heterocycles. The molecule has 90 valence electrons. The minimum Gasteiger partial charge on any atom is -0.342 e. The van der Waals surface area contributed by atoms with Crippen molar-refractivity contribution in [2.75, 3.05) is 13.6 Å². The number of fused-ring (bicyclic) bond motifs is 1. The van der Waals surface area contributed by atoms with E-state index < -0.39 is 0 Å². The van der Waals surface area contributed by atoms with Crippen LogP contribution in [0.1, 0.15) is 29.0 Å². The van der Waals surface area contributed by atoms with Crippen molar-refractivity contribution in [1.29, 1.82) is 0 Å². The number of H-pyrrole nitrogens is 1. The van der Waals surface area contributed by atoms with Crippen LogP contribution in [0.4, 0.5) is 0 Å². The summed E-state index contributed by atoms with van der Waals surface area (Å²) < 4.78 is 0. The number of nitrogens with zero attached hydrogens (tertiary/aromatic N) is 1. The van der Waals surface area contributed by atoms with Crippen LogP contribution in [0.2, 0.25) is 0 Å². The second-order valence-corrected chi connectivity index (χ2v) is 4.18. The van der Waals surface area contributed by atoms with Crippen LogP contribution < -0.4 is 5.32 Å². The van der Waals surface area contributed by atoms with E-state index in [2.05, 4.69) is 15.3 Å². The highest BCUT2D eigenvalue weighted by Gasteiger charge is 2.07. The van der Waals surface area contributed by atoms with Crippen LogP contribution in [-0.4, -0.2) is 29.3 Å². The van der Waals surface area contributed by atoms with Crippen molar-refractivity contribution in [2.24, 2.45) is 0 Å². The van der Waals surface area contributed by atoms with Gasteiger partial charge in [0, 0.05) is 12.0 Å². The maximum absolute atomic E-state index is 11.9. The van der Waals surface area contributed by atoms with Gasteiger partial charge in [-0.3, -0.25) is 4.79 Å². The molecule has 0 fully saturated rings. The van der Waals surface area contributed by atoms with Gasteiger partial charge >= 0.3 is 0 Å². The van der Waals surface area contributed by atoms with E-state index >= 15 is 0 Å². The van der Waals surface area contributed by atoms with Gasteiger partial charge in [-0.2, -0.15) is 0 Å². The van der Waals surface area contributed by atoms with Crippen LogP contribution in [0.3, 0.4) is 0 Å². The zero-order valence-corrected chi connectivity index (χ0v) is 10.2. The predicted octanol–water partition coefficient (Wildman–Crippen LogP) is 2.05. The molecule has 2 aromatic rings. The number of aromatic amines is 1. The van der Waals surface area contributed by atoms with E-state index in [-0.39, 0.29) is 5.78 Å². The van der Waals surface area contributed by atoms with Crippen LogP contribution in [0.25, 0.3) is 11.0 Å². The Balaban J connectivity index is 2.15. The summed E-state index contributed by atoms with van der Waals surface area (Å²) in [5.74, 6) is 1.06. The van der Waals surface area contributed by atoms with Gasteiger partial charge in [0.25, 0.3) is 0 Å². The van der Waals surface area contributed by atoms with Crippen molar-refractivity contribution in [3.63, 3.8) is 0 Å². The molecule has 0 spiro atoms. The molecule has 0 aliphatic carbocycles. The number of ketones is 1. The zero-order chi connectivity index (χ0) is 12.3. The van der Waals surface area contributed by atoms with Crippen LogP contribution in [-0.2, 0) is 0 Å². The summed E-state index contributed by atoms with van der Waals surface area (Å²) in [5.41, 5.74) is 2.61. The summed E-state index contributed by atoms with van der Waals surface area (Å²) in [5, 5.41) is 3.04. The molecule has 0 atom stereocenters. The Bertz CT molecular complexity index is 530. The fraction of sp³-hybridized carbons (Fsp3) is 0.385. The van der Waals surface area contributed by atoms with Gasteiger partial charge in [0.1, 0.15) is 5.82 Å². The summed E-state index contributed by atoms with van der Waals surface area (Å²) in [4.78, 5) is 19.4. The van der Waals surface area contributed by atoms with E-state index in [0.29, 0.717) is 6.42 Å². The molecule has 4 heteroatoms. The fourth-order valence-corrected chi connectivity index (χ4v) is 1.88. The summed E-state index contributed by atoms with van der Waals surface area (Å²) in [6.07, 6.45) is 1.45. The molecule has 0 saturated carbocycles. The van der Waals surface area contributed by atoms with Crippen LogP contribution >= 0.6 is 0 Å². The SMILES string of the molecule is CNCCCC(=O)c1ccc2nc(C)[nH]c2c1. The molecule has 0 saturated heterocycles. The Kier molecular flexibility index (Phi) is 3.54. The molecule has 0 aliphatic heterocycles. The van der Waals surface area contributed by atoms with Gasteiger partial charge in [0.2, 0.25) is 0 Å². The molecule has 17 heavy (non-hydrogen) atoms. The highest BCUT2D eigenvalue weighted by atomic mass is 16.1. The maximum atomic E-state index is 11.9. The van der Waals surface area contributed by atoms with Crippen LogP contribution in [0.5, 0.6) is 0 Å². The first-order valence-electron chi connectivity index (χ1n) is 5.85. The quantitative estimate of drug-likeness (QED) is 0.611. The Morgan fingerprint density at radius 1 is 1.47 bits per heavy atom.